The number of thiocarbonyl (C=S) groups is 1. The van der Waals surface area contributed by atoms with Crippen molar-refractivity contribution in [2.75, 3.05) is 38.3 Å². The lowest BCUT2D eigenvalue weighted by atomic mass is 9.92. The second kappa shape index (κ2) is 9.95. The number of hydrogen-bond donors (Lipinski definition) is 1. The highest BCUT2D eigenvalue weighted by atomic mass is 32.1. The van der Waals surface area contributed by atoms with Gasteiger partial charge >= 0.3 is 5.97 Å². The minimum absolute atomic E-state index is 0.0489. The van der Waals surface area contributed by atoms with E-state index < -0.39 is 12.0 Å². The van der Waals surface area contributed by atoms with Crippen LogP contribution in [0, 0.1) is 13.8 Å². The van der Waals surface area contributed by atoms with Gasteiger partial charge in [-0.15, -0.1) is 0 Å². The van der Waals surface area contributed by atoms with Crippen LogP contribution in [-0.2, 0) is 14.3 Å². The fraction of sp³-hybridized carbons (Fsp3) is 0.346. The van der Waals surface area contributed by atoms with E-state index in [-0.39, 0.29) is 5.91 Å². The second-order valence-electron chi connectivity index (χ2n) is 8.58. The molecule has 0 aromatic heterocycles. The number of ether oxygens (including phenoxy) is 2. The first kappa shape index (κ1) is 23.9. The molecule has 0 aliphatic carbocycles. The van der Waals surface area contributed by atoms with Gasteiger partial charge in [0, 0.05) is 24.5 Å². The summed E-state index contributed by atoms with van der Waals surface area (Å²) >= 11 is 5.79. The molecule has 1 fully saturated rings. The standard InChI is InChI=1S/C26H29N3O4S/c1-16-13-17(2)15-21(14-16)29-18(3)22(24(30)28-9-11-33-12-10-28)23(27-26(29)34)19-5-7-20(8-6-19)25(31)32-4/h5-8,13-15,23H,9-12H2,1-4H3,(H,27,34). The highest BCUT2D eigenvalue weighted by molar-refractivity contribution is 7.80. The van der Waals surface area contributed by atoms with E-state index >= 15 is 0 Å². The zero-order chi connectivity index (χ0) is 24.4. The average Bonchev–Trinajstić information content (AvgIpc) is 2.83. The van der Waals surface area contributed by atoms with E-state index in [1.54, 1.807) is 12.1 Å². The van der Waals surface area contributed by atoms with Gasteiger partial charge in [-0.3, -0.25) is 9.69 Å². The summed E-state index contributed by atoms with van der Waals surface area (Å²) in [5.41, 5.74) is 5.85. The van der Waals surface area contributed by atoms with Crippen molar-refractivity contribution in [2.24, 2.45) is 0 Å². The van der Waals surface area contributed by atoms with Gasteiger partial charge in [0.15, 0.2) is 5.11 Å². The average molecular weight is 480 g/mol. The Hall–Kier alpha value is -3.23. The lowest BCUT2D eigenvalue weighted by Crippen LogP contribution is -2.51. The largest absolute Gasteiger partial charge is 0.465 e. The lowest BCUT2D eigenvalue weighted by Gasteiger charge is -2.40. The van der Waals surface area contributed by atoms with Crippen LogP contribution in [0.5, 0.6) is 0 Å². The quantitative estimate of drug-likeness (QED) is 0.530. The summed E-state index contributed by atoms with van der Waals surface area (Å²) in [7, 11) is 1.35. The molecule has 0 spiro atoms. The minimum atomic E-state index is -0.448. The van der Waals surface area contributed by atoms with Crippen LogP contribution in [0.15, 0.2) is 53.7 Å². The number of carbonyl (C=O) groups excluding carboxylic acids is 2. The number of amides is 1. The number of allylic oxidation sites excluding steroid dienone is 1. The molecule has 2 aliphatic rings. The van der Waals surface area contributed by atoms with Crippen molar-refractivity contribution in [3.63, 3.8) is 0 Å². The predicted octanol–water partition coefficient (Wildman–Crippen LogP) is 3.66. The van der Waals surface area contributed by atoms with E-state index in [1.807, 2.05) is 42.7 Å². The van der Waals surface area contributed by atoms with Gasteiger partial charge in [0.2, 0.25) is 0 Å². The molecule has 1 N–H and O–H groups in total. The first-order valence-corrected chi connectivity index (χ1v) is 11.7. The summed E-state index contributed by atoms with van der Waals surface area (Å²) in [5, 5.41) is 3.90. The maximum absolute atomic E-state index is 13.8. The van der Waals surface area contributed by atoms with Gasteiger partial charge in [-0.1, -0.05) is 18.2 Å². The molecule has 34 heavy (non-hydrogen) atoms. The van der Waals surface area contributed by atoms with E-state index in [2.05, 4.69) is 23.5 Å². The molecule has 0 bridgehead atoms. The molecule has 178 valence electrons. The van der Waals surface area contributed by atoms with Crippen LogP contribution in [0.3, 0.4) is 0 Å². The highest BCUT2D eigenvalue weighted by Crippen LogP contribution is 2.35. The minimum Gasteiger partial charge on any atom is -0.465 e. The third kappa shape index (κ3) is 4.69. The third-order valence-electron chi connectivity index (χ3n) is 6.14. The SMILES string of the molecule is COC(=O)c1ccc(C2NC(=S)N(c3cc(C)cc(C)c3)C(C)=C2C(=O)N2CCOCC2)cc1. The Morgan fingerprint density at radius 3 is 2.24 bits per heavy atom. The van der Waals surface area contributed by atoms with Crippen molar-refractivity contribution in [1.82, 2.24) is 10.2 Å². The molecular weight excluding hydrogens is 450 g/mol. The number of morpholine rings is 1. The van der Waals surface area contributed by atoms with Gasteiger partial charge in [-0.25, -0.2) is 4.79 Å². The maximum Gasteiger partial charge on any atom is 0.337 e. The Balaban J connectivity index is 1.81. The topological polar surface area (TPSA) is 71.1 Å². The van der Waals surface area contributed by atoms with Gasteiger partial charge < -0.3 is 19.7 Å². The molecule has 0 saturated carbocycles. The maximum atomic E-state index is 13.8. The zero-order valence-electron chi connectivity index (χ0n) is 19.9. The molecule has 8 heteroatoms. The first-order chi connectivity index (χ1) is 16.3. The molecule has 4 rings (SSSR count). The Bertz CT molecular complexity index is 1130. The van der Waals surface area contributed by atoms with Crippen molar-refractivity contribution in [2.45, 2.75) is 26.8 Å². The summed E-state index contributed by atoms with van der Waals surface area (Å²) in [5.74, 6) is -0.455. The number of carbonyl (C=O) groups is 2. The van der Waals surface area contributed by atoms with Gasteiger partial charge in [0.05, 0.1) is 37.5 Å². The number of nitrogens with one attached hydrogen (secondary N) is 1. The van der Waals surface area contributed by atoms with Crippen LogP contribution < -0.4 is 10.2 Å². The molecule has 0 radical (unpaired) electrons. The molecule has 2 aromatic carbocycles. The molecule has 1 amide bonds. The van der Waals surface area contributed by atoms with Crippen LogP contribution in [0.1, 0.15) is 40.0 Å². The van der Waals surface area contributed by atoms with Crippen LogP contribution in [0.25, 0.3) is 0 Å². The van der Waals surface area contributed by atoms with E-state index in [9.17, 15) is 9.59 Å². The van der Waals surface area contributed by atoms with Crippen molar-refractivity contribution in [3.8, 4) is 0 Å². The fourth-order valence-corrected chi connectivity index (χ4v) is 4.89. The number of benzene rings is 2. The number of nitrogens with zero attached hydrogens (tertiary/aromatic N) is 2. The number of hydrogen-bond acceptors (Lipinski definition) is 5. The predicted molar refractivity (Wildman–Crippen MR) is 135 cm³/mol. The molecule has 2 heterocycles. The Labute approximate surface area is 205 Å². The van der Waals surface area contributed by atoms with Crippen molar-refractivity contribution < 1.29 is 19.1 Å². The summed E-state index contributed by atoms with van der Waals surface area (Å²) in [6, 6.07) is 12.9. The molecule has 1 unspecified atom stereocenters. The number of methoxy groups -OCH3 is 1. The Morgan fingerprint density at radius 1 is 1.03 bits per heavy atom. The number of aryl methyl sites for hydroxylation is 2. The van der Waals surface area contributed by atoms with Crippen molar-refractivity contribution >= 4 is 34.9 Å². The van der Waals surface area contributed by atoms with Gasteiger partial charge in [-0.05, 0) is 73.9 Å². The highest BCUT2D eigenvalue weighted by Gasteiger charge is 2.37. The normalized spacial score (nSPS) is 18.6. The van der Waals surface area contributed by atoms with E-state index in [0.717, 1.165) is 28.1 Å². The Kier molecular flexibility index (Phi) is 7.00. The van der Waals surface area contributed by atoms with Crippen LogP contribution in [0.4, 0.5) is 5.69 Å². The summed E-state index contributed by atoms with van der Waals surface area (Å²) in [6.45, 7) is 8.14. The van der Waals surface area contributed by atoms with E-state index in [1.165, 1.54) is 7.11 Å². The van der Waals surface area contributed by atoms with Crippen molar-refractivity contribution in [1.29, 1.82) is 0 Å². The van der Waals surface area contributed by atoms with Gasteiger partial charge in [0.25, 0.3) is 5.91 Å². The van der Waals surface area contributed by atoms with Gasteiger partial charge in [-0.2, -0.15) is 0 Å². The van der Waals surface area contributed by atoms with Crippen LogP contribution in [-0.4, -0.2) is 55.3 Å². The Morgan fingerprint density at radius 2 is 1.65 bits per heavy atom. The molecule has 1 saturated heterocycles. The lowest BCUT2D eigenvalue weighted by molar-refractivity contribution is -0.131. The number of rotatable bonds is 4. The number of anilines is 1. The van der Waals surface area contributed by atoms with E-state index in [4.69, 9.17) is 21.7 Å². The molecule has 2 aliphatic heterocycles. The summed E-state index contributed by atoms with van der Waals surface area (Å²) < 4.78 is 10.3. The first-order valence-electron chi connectivity index (χ1n) is 11.2. The summed E-state index contributed by atoms with van der Waals surface area (Å²) in [4.78, 5) is 29.5. The third-order valence-corrected chi connectivity index (χ3v) is 6.44. The summed E-state index contributed by atoms with van der Waals surface area (Å²) in [6.07, 6.45) is 0. The monoisotopic (exact) mass is 479 g/mol. The zero-order valence-corrected chi connectivity index (χ0v) is 20.7. The van der Waals surface area contributed by atoms with Crippen LogP contribution in [0.2, 0.25) is 0 Å². The molecule has 1 atom stereocenters. The van der Waals surface area contributed by atoms with Gasteiger partial charge in [0.1, 0.15) is 0 Å². The molecular formula is C26H29N3O4S. The molecule has 2 aromatic rings. The smallest absolute Gasteiger partial charge is 0.337 e. The second-order valence-corrected chi connectivity index (χ2v) is 8.97. The number of esters is 1. The van der Waals surface area contributed by atoms with E-state index in [0.29, 0.717) is 42.6 Å². The van der Waals surface area contributed by atoms with Crippen LogP contribution >= 0.6 is 12.2 Å². The fourth-order valence-electron chi connectivity index (χ4n) is 4.53. The van der Waals surface area contributed by atoms with Crippen molar-refractivity contribution in [3.05, 3.63) is 76.0 Å². The molecule has 7 nitrogen and oxygen atoms in total.